The number of aromatic nitrogens is 2. The molecule has 3 aromatic heterocycles. The standard InChI is InChI=1S/C66H55BN4O/c1-64(2,3)38-24-29-52-46(32-38)47-33-39(65(4,5)6)25-30-53(47)68(52)42-26-28-49-56(37-42)69(41-27-31-60-48(36-41)44-17-11-13-23-59(44)72-60)57-34-40(66(7,8)9)35-58-61(57)67(49)50-19-15-22-55-63(50)71(58)54-21-14-18-45-43-16-10-12-20-51(43)70(55)62(45)54/h10-37H,1-9H3/i10D,11D,12D,13D,14D,15D,16D,17D,18D,19D,20D,21D,22D,23D,24D,25D,26D,27D,28D,29D,30D,31D,32D,33D,34D,35D,36D,37D. The molecule has 348 valence electrons. The Balaban J connectivity index is 1.25. The molecule has 0 atom stereocenters. The molecule has 0 radical (unpaired) electrons. The van der Waals surface area contributed by atoms with Crippen LogP contribution in [0, 0.1) is 0 Å². The van der Waals surface area contributed by atoms with Gasteiger partial charge in [0.05, 0.1) is 77.5 Å². The molecular weight excluding hydrogens is 876 g/mol. The van der Waals surface area contributed by atoms with Crippen LogP contribution in [0.5, 0.6) is 0 Å². The molecule has 12 aromatic rings. The van der Waals surface area contributed by atoms with Gasteiger partial charge >= 0.3 is 0 Å². The fraction of sp³-hybridized carbons (Fsp3) is 0.182. The minimum Gasteiger partial charge on any atom is -0.456 e. The van der Waals surface area contributed by atoms with E-state index in [1.165, 1.54) is 4.90 Å². The number of para-hydroxylation sites is 4. The molecule has 0 aliphatic carbocycles. The molecule has 0 fully saturated rings. The molecule has 0 amide bonds. The van der Waals surface area contributed by atoms with Gasteiger partial charge in [0.15, 0.2) is 0 Å². The number of hydrogen-bond donors (Lipinski definition) is 0. The highest BCUT2D eigenvalue weighted by molar-refractivity contribution is 7.00. The molecule has 3 aliphatic heterocycles. The van der Waals surface area contributed by atoms with E-state index in [2.05, 4.69) is 0 Å². The van der Waals surface area contributed by atoms with E-state index in [4.69, 9.17) is 11.3 Å². The molecule has 0 saturated carbocycles. The van der Waals surface area contributed by atoms with Gasteiger partial charge < -0.3 is 23.4 Å². The Kier molecular flexibility index (Phi) is 4.38. The normalized spacial score (nSPS) is 19.5. The van der Waals surface area contributed by atoms with Gasteiger partial charge in [0.1, 0.15) is 11.2 Å². The maximum absolute atomic E-state index is 11.2. The molecule has 0 unspecified atom stereocenters. The van der Waals surface area contributed by atoms with Gasteiger partial charge in [-0.25, -0.2) is 0 Å². The minimum absolute atomic E-state index is 0.0294. The van der Waals surface area contributed by atoms with Gasteiger partial charge in [-0.2, -0.15) is 0 Å². The number of fused-ring (bicyclic) bond motifs is 15. The van der Waals surface area contributed by atoms with Crippen molar-refractivity contribution in [1.82, 2.24) is 9.13 Å². The second kappa shape index (κ2) is 13.9. The third-order valence-electron chi connectivity index (χ3n) is 13.9. The maximum atomic E-state index is 11.2. The number of hydrogen-bond acceptors (Lipinski definition) is 3. The first-order valence-electron chi connectivity index (χ1n) is 37.5. The van der Waals surface area contributed by atoms with E-state index in [1.54, 1.807) is 62.3 Å². The van der Waals surface area contributed by atoms with Crippen molar-refractivity contribution in [1.29, 1.82) is 0 Å². The summed E-state index contributed by atoms with van der Waals surface area (Å²) in [6, 6.07) is -20.5. The first-order valence-corrected chi connectivity index (χ1v) is 23.5. The third-order valence-corrected chi connectivity index (χ3v) is 13.9. The van der Waals surface area contributed by atoms with Gasteiger partial charge in [0.25, 0.3) is 6.71 Å². The lowest BCUT2D eigenvalue weighted by Crippen LogP contribution is -2.62. The molecular formula is C66H55BN4O. The van der Waals surface area contributed by atoms with Crippen LogP contribution in [0.25, 0.3) is 76.9 Å². The average molecular weight is 959 g/mol. The fourth-order valence-corrected chi connectivity index (χ4v) is 10.4. The van der Waals surface area contributed by atoms with E-state index >= 15 is 0 Å². The highest BCUT2D eigenvalue weighted by Crippen LogP contribution is 2.53. The fourth-order valence-electron chi connectivity index (χ4n) is 10.4. The minimum atomic E-state index is -1.97. The maximum Gasteiger partial charge on any atom is 0.252 e. The van der Waals surface area contributed by atoms with Crippen LogP contribution in [-0.4, -0.2) is 15.8 Å². The second-order valence-corrected chi connectivity index (χ2v) is 21.6. The quantitative estimate of drug-likeness (QED) is 0.162. The lowest BCUT2D eigenvalue weighted by atomic mass is 9.33. The third kappa shape index (κ3) is 5.55. The summed E-state index contributed by atoms with van der Waals surface area (Å²) in [6.07, 6.45) is 0. The lowest BCUT2D eigenvalue weighted by Gasteiger charge is -2.47. The summed E-state index contributed by atoms with van der Waals surface area (Å²) in [7, 11) is 0. The monoisotopic (exact) mass is 959 g/mol. The smallest absolute Gasteiger partial charge is 0.252 e. The van der Waals surface area contributed by atoms with Gasteiger partial charge in [-0.05, 0) is 140 Å². The lowest BCUT2D eigenvalue weighted by molar-refractivity contribution is 0.590. The Morgan fingerprint density at radius 2 is 0.986 bits per heavy atom. The molecule has 5 nitrogen and oxygen atoms in total. The van der Waals surface area contributed by atoms with Gasteiger partial charge in [-0.3, -0.25) is 0 Å². The van der Waals surface area contributed by atoms with Crippen molar-refractivity contribution >= 4 is 123 Å². The van der Waals surface area contributed by atoms with Crippen LogP contribution in [0.4, 0.5) is 34.1 Å². The van der Waals surface area contributed by atoms with E-state index in [0.29, 0.717) is 0 Å². The summed E-state index contributed by atoms with van der Waals surface area (Å²) < 4.78 is 284. The molecule has 15 rings (SSSR count). The predicted molar refractivity (Wildman–Crippen MR) is 306 cm³/mol. The summed E-state index contributed by atoms with van der Waals surface area (Å²) in [5.74, 6) is 0. The Morgan fingerprint density at radius 3 is 1.71 bits per heavy atom. The predicted octanol–water partition coefficient (Wildman–Crippen LogP) is 16.1. The van der Waals surface area contributed by atoms with Crippen molar-refractivity contribution in [2.75, 3.05) is 9.80 Å². The van der Waals surface area contributed by atoms with Crippen LogP contribution >= 0.6 is 0 Å². The van der Waals surface area contributed by atoms with E-state index < -0.39 is 258 Å². The second-order valence-electron chi connectivity index (χ2n) is 21.6. The zero-order valence-electron chi connectivity index (χ0n) is 68.3. The molecule has 0 spiro atoms. The molecule has 0 saturated heterocycles. The zero-order chi connectivity index (χ0) is 73.3. The number of nitrogens with zero attached hydrogens (tertiary/aromatic N) is 4. The number of rotatable bonds is 2. The van der Waals surface area contributed by atoms with Gasteiger partial charge in [0.2, 0.25) is 0 Å². The number of furan rings is 1. The first kappa shape index (κ1) is 22.6. The first-order chi connectivity index (χ1) is 46.3. The number of anilines is 6. The molecule has 3 aliphatic rings. The van der Waals surface area contributed by atoms with Crippen LogP contribution in [-0.2, 0) is 16.2 Å². The van der Waals surface area contributed by atoms with Crippen molar-refractivity contribution in [3.8, 4) is 11.4 Å². The summed E-state index contributed by atoms with van der Waals surface area (Å²) in [5, 5.41) is -2.01. The van der Waals surface area contributed by atoms with Gasteiger partial charge in [-0.1, -0.05) is 141 Å². The van der Waals surface area contributed by atoms with Crippen LogP contribution in [0.3, 0.4) is 0 Å². The van der Waals surface area contributed by atoms with Crippen molar-refractivity contribution in [3.05, 3.63) is 186 Å². The Morgan fingerprint density at radius 1 is 0.389 bits per heavy atom. The van der Waals surface area contributed by atoms with E-state index in [1.807, 2.05) is 0 Å². The summed E-state index contributed by atoms with van der Waals surface area (Å²) in [5.41, 5.74) is -11.8. The zero-order valence-corrected chi connectivity index (χ0v) is 40.3. The molecule has 0 bridgehead atoms. The molecule has 6 heteroatoms. The highest BCUT2D eigenvalue weighted by Gasteiger charge is 2.47. The van der Waals surface area contributed by atoms with Crippen LogP contribution < -0.4 is 26.2 Å². The summed E-state index contributed by atoms with van der Waals surface area (Å²) in [6.45, 7) is 13.1. The van der Waals surface area contributed by atoms with Gasteiger partial charge in [0, 0.05) is 60.8 Å². The van der Waals surface area contributed by atoms with E-state index in [0.717, 1.165) is 14.0 Å². The van der Waals surface area contributed by atoms with Gasteiger partial charge in [-0.15, -0.1) is 0 Å². The van der Waals surface area contributed by atoms with Crippen molar-refractivity contribution < 1.29 is 42.8 Å². The molecule has 72 heavy (non-hydrogen) atoms. The summed E-state index contributed by atoms with van der Waals surface area (Å²) in [4.78, 5) is 2.19. The van der Waals surface area contributed by atoms with Crippen LogP contribution in [0.2, 0.25) is 0 Å². The van der Waals surface area contributed by atoms with Crippen molar-refractivity contribution in [3.63, 3.8) is 0 Å². The van der Waals surface area contributed by atoms with E-state index in [-0.39, 0.29) is 78.2 Å². The Labute approximate surface area is 459 Å². The highest BCUT2D eigenvalue weighted by atomic mass is 16.3. The molecule has 0 N–H and O–H groups in total. The SMILES string of the molecule is [2H]c1c([2H])c2c3c(c1[2H])-n1c4c([2H])c([2H])c([2H])c([2H])c4c4c([2H])c([2H])c([2H])c(c41)N3c1c([2H])c(C(C)(C)C)c([2H])c3c1B2c1c([2H])c([2H])c(-n2c4c([2H])c([2H])c(C(C)(C)C)c([2H])c4c4c([2H])c(C(C)(C)C)c([2H])c([2H])c42)c([2H])c1N3c1c([2H])c([2H])c2oc3c([2H])c([2H])c([2H])c([2H])c3c2c1[2H]. The van der Waals surface area contributed by atoms with Crippen molar-refractivity contribution in [2.45, 2.75) is 78.6 Å². The van der Waals surface area contributed by atoms with Crippen molar-refractivity contribution in [2.24, 2.45) is 0 Å². The molecule has 9 aromatic carbocycles. The number of benzene rings is 9. The average Bonchev–Trinajstić information content (AvgIpc) is 1.15. The van der Waals surface area contributed by atoms with Crippen LogP contribution in [0.1, 0.15) is 117 Å². The summed E-state index contributed by atoms with van der Waals surface area (Å²) >= 11 is 0. The van der Waals surface area contributed by atoms with E-state index in [9.17, 15) is 31.5 Å². The Bertz CT molecular complexity index is 5960. The largest absolute Gasteiger partial charge is 0.456 e. The Hall–Kier alpha value is -7.96. The topological polar surface area (TPSA) is 29.5 Å². The van der Waals surface area contributed by atoms with Crippen LogP contribution in [0.15, 0.2) is 174 Å². The molecule has 6 heterocycles.